The van der Waals surface area contributed by atoms with Crippen LogP contribution in [0.4, 0.5) is 5.69 Å². The van der Waals surface area contributed by atoms with Gasteiger partial charge < -0.3 is 14.4 Å². The van der Waals surface area contributed by atoms with E-state index in [-0.39, 0.29) is 17.8 Å². The maximum atomic E-state index is 12.9. The van der Waals surface area contributed by atoms with Crippen LogP contribution in [0.15, 0.2) is 72.8 Å². The Kier molecular flexibility index (Phi) is 6.52. The molecule has 1 amide bonds. The Morgan fingerprint density at radius 1 is 0.867 bits per heavy atom. The van der Waals surface area contributed by atoms with Gasteiger partial charge in [-0.2, -0.15) is 0 Å². The summed E-state index contributed by atoms with van der Waals surface area (Å²) in [5, 5.41) is 0. The maximum absolute atomic E-state index is 12.9. The van der Waals surface area contributed by atoms with Crippen LogP contribution in [0.3, 0.4) is 0 Å². The van der Waals surface area contributed by atoms with E-state index in [2.05, 4.69) is 0 Å². The van der Waals surface area contributed by atoms with Gasteiger partial charge >= 0.3 is 0 Å². The van der Waals surface area contributed by atoms with Crippen molar-refractivity contribution in [2.24, 2.45) is 0 Å². The quantitative estimate of drug-likeness (QED) is 0.502. The van der Waals surface area contributed by atoms with Gasteiger partial charge in [-0.25, -0.2) is 0 Å². The van der Waals surface area contributed by atoms with Crippen molar-refractivity contribution >= 4 is 17.4 Å². The average molecular weight is 403 g/mol. The minimum atomic E-state index is -0.226. The molecular weight excluding hydrogens is 378 g/mol. The summed E-state index contributed by atoms with van der Waals surface area (Å²) < 4.78 is 11.2. The van der Waals surface area contributed by atoms with Gasteiger partial charge in [-0.1, -0.05) is 30.3 Å². The summed E-state index contributed by atoms with van der Waals surface area (Å²) >= 11 is 0. The van der Waals surface area contributed by atoms with Gasteiger partial charge in [0.25, 0.3) is 5.91 Å². The standard InChI is InChI=1S/C25H25NO4/c1-17(27)19-8-10-20(11-9-19)18(2)30-24-7-5-6-21(16-24)25(28)26(3)22-12-14-23(29-4)15-13-22/h5-16,18H,1-4H3. The zero-order chi connectivity index (χ0) is 21.7. The van der Waals surface area contributed by atoms with Crippen molar-refractivity contribution in [1.82, 2.24) is 0 Å². The van der Waals surface area contributed by atoms with Crippen LogP contribution in [0.1, 0.15) is 46.2 Å². The van der Waals surface area contributed by atoms with E-state index >= 15 is 0 Å². The van der Waals surface area contributed by atoms with E-state index in [0.717, 1.165) is 17.0 Å². The van der Waals surface area contributed by atoms with E-state index in [9.17, 15) is 9.59 Å². The van der Waals surface area contributed by atoms with E-state index in [1.807, 2.05) is 49.4 Å². The highest BCUT2D eigenvalue weighted by Crippen LogP contribution is 2.25. The molecule has 3 aromatic rings. The topological polar surface area (TPSA) is 55.8 Å². The summed E-state index contributed by atoms with van der Waals surface area (Å²) in [6.45, 7) is 3.47. The fourth-order valence-corrected chi connectivity index (χ4v) is 3.08. The molecule has 3 aromatic carbocycles. The monoisotopic (exact) mass is 403 g/mol. The molecular formula is C25H25NO4. The molecule has 0 saturated heterocycles. The molecule has 0 N–H and O–H groups in total. The third-order valence-electron chi connectivity index (χ3n) is 4.94. The molecule has 0 radical (unpaired) electrons. The molecule has 0 spiro atoms. The second kappa shape index (κ2) is 9.27. The number of amides is 1. The van der Waals surface area contributed by atoms with Crippen LogP contribution in [0.2, 0.25) is 0 Å². The Bertz CT molecular complexity index is 1030. The predicted molar refractivity (Wildman–Crippen MR) is 118 cm³/mol. The number of carbonyl (C=O) groups is 2. The molecule has 0 fully saturated rings. The van der Waals surface area contributed by atoms with Crippen LogP contribution < -0.4 is 14.4 Å². The molecule has 3 rings (SSSR count). The third kappa shape index (κ3) is 4.87. The number of carbonyl (C=O) groups excluding carboxylic acids is 2. The summed E-state index contributed by atoms with van der Waals surface area (Å²) in [4.78, 5) is 25.9. The lowest BCUT2D eigenvalue weighted by molar-refractivity contribution is 0.0989. The van der Waals surface area contributed by atoms with E-state index in [4.69, 9.17) is 9.47 Å². The minimum absolute atomic E-state index is 0.0299. The first-order valence-corrected chi connectivity index (χ1v) is 9.69. The van der Waals surface area contributed by atoms with Gasteiger partial charge in [-0.3, -0.25) is 9.59 Å². The number of hydrogen-bond acceptors (Lipinski definition) is 4. The first-order valence-electron chi connectivity index (χ1n) is 9.69. The van der Waals surface area contributed by atoms with Gasteiger partial charge in [-0.15, -0.1) is 0 Å². The van der Waals surface area contributed by atoms with E-state index in [1.165, 1.54) is 0 Å². The van der Waals surface area contributed by atoms with Crippen LogP contribution in [0.5, 0.6) is 11.5 Å². The molecule has 5 nitrogen and oxygen atoms in total. The van der Waals surface area contributed by atoms with Crippen molar-refractivity contribution in [2.45, 2.75) is 20.0 Å². The second-order valence-corrected chi connectivity index (χ2v) is 7.03. The summed E-state index contributed by atoms with van der Waals surface area (Å²) in [5.41, 5.74) is 2.92. The van der Waals surface area contributed by atoms with Crippen molar-refractivity contribution in [1.29, 1.82) is 0 Å². The highest BCUT2D eigenvalue weighted by Gasteiger charge is 2.15. The van der Waals surface area contributed by atoms with Crippen LogP contribution >= 0.6 is 0 Å². The molecule has 154 valence electrons. The number of anilines is 1. The second-order valence-electron chi connectivity index (χ2n) is 7.03. The number of nitrogens with zero attached hydrogens (tertiary/aromatic N) is 1. The molecule has 1 unspecified atom stereocenters. The van der Waals surface area contributed by atoms with Crippen molar-refractivity contribution in [3.8, 4) is 11.5 Å². The number of benzene rings is 3. The molecule has 30 heavy (non-hydrogen) atoms. The van der Waals surface area contributed by atoms with Gasteiger partial charge in [0.05, 0.1) is 7.11 Å². The Morgan fingerprint density at radius 3 is 2.13 bits per heavy atom. The lowest BCUT2D eigenvalue weighted by Crippen LogP contribution is -2.26. The summed E-state index contributed by atoms with van der Waals surface area (Å²) in [6, 6.07) is 21.8. The summed E-state index contributed by atoms with van der Waals surface area (Å²) in [6.07, 6.45) is -0.226. The number of ether oxygens (including phenoxy) is 2. The molecule has 0 heterocycles. The van der Waals surface area contributed by atoms with Crippen LogP contribution in [0, 0.1) is 0 Å². The molecule has 0 aliphatic carbocycles. The smallest absolute Gasteiger partial charge is 0.258 e. The van der Waals surface area contributed by atoms with Gasteiger partial charge in [0.1, 0.15) is 17.6 Å². The highest BCUT2D eigenvalue weighted by molar-refractivity contribution is 6.06. The number of ketones is 1. The predicted octanol–water partition coefficient (Wildman–Crippen LogP) is 5.31. The molecule has 0 aromatic heterocycles. The first-order chi connectivity index (χ1) is 14.4. The summed E-state index contributed by atoms with van der Waals surface area (Å²) in [5.74, 6) is 1.24. The zero-order valence-corrected chi connectivity index (χ0v) is 17.6. The van der Waals surface area contributed by atoms with Crippen molar-refractivity contribution in [3.05, 3.63) is 89.5 Å². The Morgan fingerprint density at radius 2 is 1.53 bits per heavy atom. The Balaban J connectivity index is 1.72. The van der Waals surface area contributed by atoms with E-state index < -0.39 is 0 Å². The molecule has 0 aliphatic rings. The summed E-state index contributed by atoms with van der Waals surface area (Å²) in [7, 11) is 3.34. The number of Topliss-reactive ketones (excluding diaryl/α,β-unsaturated/α-hetero) is 1. The maximum Gasteiger partial charge on any atom is 0.258 e. The average Bonchev–Trinajstić information content (AvgIpc) is 2.78. The first kappa shape index (κ1) is 21.1. The molecule has 0 bridgehead atoms. The SMILES string of the molecule is COc1ccc(N(C)C(=O)c2cccc(OC(C)c3ccc(C(C)=O)cc3)c2)cc1. The fourth-order valence-electron chi connectivity index (χ4n) is 3.08. The minimum Gasteiger partial charge on any atom is -0.497 e. The van der Waals surface area contributed by atoms with Crippen LogP contribution in [-0.2, 0) is 0 Å². The van der Waals surface area contributed by atoms with Crippen molar-refractivity contribution < 1.29 is 19.1 Å². The lowest BCUT2D eigenvalue weighted by Gasteiger charge is -2.19. The van der Waals surface area contributed by atoms with Crippen LogP contribution in [0.25, 0.3) is 0 Å². The molecule has 1 atom stereocenters. The van der Waals surface area contributed by atoms with Crippen molar-refractivity contribution in [3.63, 3.8) is 0 Å². The highest BCUT2D eigenvalue weighted by atomic mass is 16.5. The van der Waals surface area contributed by atoms with E-state index in [0.29, 0.717) is 16.9 Å². The van der Waals surface area contributed by atoms with E-state index in [1.54, 1.807) is 56.3 Å². The lowest BCUT2D eigenvalue weighted by atomic mass is 10.1. The van der Waals surface area contributed by atoms with Gasteiger partial charge in [0, 0.05) is 23.9 Å². The fraction of sp³-hybridized carbons (Fsp3) is 0.200. The van der Waals surface area contributed by atoms with Crippen molar-refractivity contribution in [2.75, 3.05) is 19.1 Å². The normalized spacial score (nSPS) is 11.5. The molecule has 0 aliphatic heterocycles. The third-order valence-corrected chi connectivity index (χ3v) is 4.94. The Hall–Kier alpha value is -3.60. The number of methoxy groups -OCH3 is 1. The Labute approximate surface area is 176 Å². The number of hydrogen-bond donors (Lipinski definition) is 0. The largest absolute Gasteiger partial charge is 0.497 e. The number of rotatable bonds is 7. The van der Waals surface area contributed by atoms with Gasteiger partial charge in [0.2, 0.25) is 0 Å². The molecule has 0 saturated carbocycles. The van der Waals surface area contributed by atoms with Gasteiger partial charge in [0.15, 0.2) is 5.78 Å². The van der Waals surface area contributed by atoms with Crippen LogP contribution in [-0.4, -0.2) is 25.8 Å². The molecule has 5 heteroatoms. The zero-order valence-electron chi connectivity index (χ0n) is 17.6. The van der Waals surface area contributed by atoms with Gasteiger partial charge in [-0.05, 0) is 61.9 Å².